The number of rotatable bonds is 3. The van der Waals surface area contributed by atoms with E-state index in [1.165, 1.54) is 11.3 Å². The minimum absolute atomic E-state index is 0.295. The van der Waals surface area contributed by atoms with Gasteiger partial charge in [-0.3, -0.25) is 10.1 Å². The third-order valence-electron chi connectivity index (χ3n) is 2.76. The first kappa shape index (κ1) is 12.5. The molecule has 3 aromatic rings. The highest BCUT2D eigenvalue weighted by molar-refractivity contribution is 7.13. The van der Waals surface area contributed by atoms with Crippen molar-refractivity contribution in [1.29, 1.82) is 0 Å². The first-order chi connectivity index (χ1) is 9.75. The van der Waals surface area contributed by atoms with Crippen LogP contribution in [-0.4, -0.2) is 25.9 Å². The minimum Gasteiger partial charge on any atom is -0.296 e. The van der Waals surface area contributed by atoms with E-state index in [0.717, 1.165) is 5.69 Å². The van der Waals surface area contributed by atoms with Crippen LogP contribution in [0.4, 0.5) is 5.13 Å². The summed E-state index contributed by atoms with van der Waals surface area (Å²) in [6.07, 6.45) is 1.63. The number of nitrogens with zero attached hydrogens (tertiary/aromatic N) is 4. The number of carbonyl (C=O) groups excluding carboxylic acids is 1. The van der Waals surface area contributed by atoms with E-state index in [1.807, 2.05) is 37.3 Å². The molecule has 0 radical (unpaired) electrons. The molecule has 0 aliphatic carbocycles. The number of benzene rings is 1. The molecule has 0 aliphatic heterocycles. The molecule has 1 N–H and O–H groups in total. The Bertz CT molecular complexity index is 721. The lowest BCUT2D eigenvalue weighted by Gasteiger charge is -2.03. The summed E-state index contributed by atoms with van der Waals surface area (Å²) in [6, 6.07) is 9.55. The van der Waals surface area contributed by atoms with Crippen LogP contribution in [0.3, 0.4) is 0 Å². The van der Waals surface area contributed by atoms with Crippen LogP contribution in [0.2, 0.25) is 0 Å². The van der Waals surface area contributed by atoms with Crippen LogP contribution in [0, 0.1) is 6.92 Å². The molecule has 0 unspecified atom stereocenters. The van der Waals surface area contributed by atoms with Gasteiger partial charge in [-0.2, -0.15) is 0 Å². The summed E-state index contributed by atoms with van der Waals surface area (Å²) < 4.78 is 1.64. The highest BCUT2D eigenvalue weighted by Gasteiger charge is 2.17. The standard InChI is InChI=1S/C13H11N5OS/c1-9-11(12(19)15-13-14-7-8-20-13)16-17-18(9)10-5-3-2-4-6-10/h2-8H,1H3,(H,14,15,19). The van der Waals surface area contributed by atoms with E-state index >= 15 is 0 Å². The highest BCUT2D eigenvalue weighted by atomic mass is 32.1. The summed E-state index contributed by atoms with van der Waals surface area (Å²) in [5.74, 6) is -0.306. The van der Waals surface area contributed by atoms with Crippen molar-refractivity contribution in [2.75, 3.05) is 5.32 Å². The number of para-hydroxylation sites is 1. The van der Waals surface area contributed by atoms with Crippen LogP contribution in [-0.2, 0) is 0 Å². The topological polar surface area (TPSA) is 72.7 Å². The smallest absolute Gasteiger partial charge is 0.279 e. The lowest BCUT2D eigenvalue weighted by molar-refractivity contribution is 0.102. The zero-order valence-corrected chi connectivity index (χ0v) is 11.5. The maximum Gasteiger partial charge on any atom is 0.279 e. The van der Waals surface area contributed by atoms with Gasteiger partial charge in [-0.25, -0.2) is 9.67 Å². The van der Waals surface area contributed by atoms with Crippen LogP contribution in [0.15, 0.2) is 41.9 Å². The Morgan fingerprint density at radius 3 is 2.80 bits per heavy atom. The van der Waals surface area contributed by atoms with Crippen molar-refractivity contribution < 1.29 is 4.79 Å². The Balaban J connectivity index is 1.89. The molecule has 1 amide bonds. The van der Waals surface area contributed by atoms with Crippen LogP contribution in [0.1, 0.15) is 16.2 Å². The van der Waals surface area contributed by atoms with Gasteiger partial charge in [0, 0.05) is 11.6 Å². The summed E-state index contributed by atoms with van der Waals surface area (Å²) in [5, 5.41) is 13.0. The van der Waals surface area contributed by atoms with Crippen molar-refractivity contribution >= 4 is 22.4 Å². The molecule has 0 atom stereocenters. The van der Waals surface area contributed by atoms with E-state index < -0.39 is 0 Å². The Kier molecular flexibility index (Phi) is 3.26. The van der Waals surface area contributed by atoms with E-state index in [4.69, 9.17) is 0 Å². The molecular weight excluding hydrogens is 274 g/mol. The molecule has 2 aromatic heterocycles. The molecule has 0 aliphatic rings. The molecule has 0 saturated carbocycles. The number of aromatic nitrogens is 4. The second-order valence-corrected chi connectivity index (χ2v) is 4.96. The Labute approximate surface area is 119 Å². The van der Waals surface area contributed by atoms with Crippen LogP contribution < -0.4 is 5.32 Å². The zero-order valence-electron chi connectivity index (χ0n) is 10.6. The second-order valence-electron chi connectivity index (χ2n) is 4.06. The molecule has 1 aromatic carbocycles. The fourth-order valence-electron chi connectivity index (χ4n) is 1.79. The molecule has 3 rings (SSSR count). The largest absolute Gasteiger partial charge is 0.296 e. The fourth-order valence-corrected chi connectivity index (χ4v) is 2.32. The van der Waals surface area contributed by atoms with E-state index in [2.05, 4.69) is 20.6 Å². The Hall–Kier alpha value is -2.54. The van der Waals surface area contributed by atoms with Gasteiger partial charge < -0.3 is 0 Å². The zero-order chi connectivity index (χ0) is 13.9. The normalized spacial score (nSPS) is 10.4. The predicted octanol–water partition coefficient (Wildman–Crippen LogP) is 2.28. The first-order valence-electron chi connectivity index (χ1n) is 5.94. The van der Waals surface area contributed by atoms with E-state index in [9.17, 15) is 4.79 Å². The van der Waals surface area contributed by atoms with Crippen LogP contribution in [0.5, 0.6) is 0 Å². The summed E-state index contributed by atoms with van der Waals surface area (Å²) >= 11 is 1.36. The summed E-state index contributed by atoms with van der Waals surface area (Å²) in [5.41, 5.74) is 1.85. The molecule has 7 heteroatoms. The number of thiazole rings is 1. The average molecular weight is 285 g/mol. The maximum absolute atomic E-state index is 12.1. The molecule has 0 bridgehead atoms. The highest BCUT2D eigenvalue weighted by Crippen LogP contribution is 2.15. The summed E-state index contributed by atoms with van der Waals surface area (Å²) in [6.45, 7) is 1.81. The van der Waals surface area contributed by atoms with Gasteiger partial charge in [0.2, 0.25) is 0 Å². The third-order valence-corrected chi connectivity index (χ3v) is 3.45. The molecule has 0 saturated heterocycles. The van der Waals surface area contributed by atoms with Gasteiger partial charge in [0.05, 0.1) is 11.4 Å². The van der Waals surface area contributed by atoms with Crippen molar-refractivity contribution in [2.24, 2.45) is 0 Å². The van der Waals surface area contributed by atoms with E-state index in [0.29, 0.717) is 16.5 Å². The monoisotopic (exact) mass is 285 g/mol. The van der Waals surface area contributed by atoms with Crippen LogP contribution in [0.25, 0.3) is 5.69 Å². The average Bonchev–Trinajstić information content (AvgIpc) is 3.09. The quantitative estimate of drug-likeness (QED) is 0.801. The lowest BCUT2D eigenvalue weighted by Crippen LogP contribution is -2.14. The molecular formula is C13H11N5OS. The van der Waals surface area contributed by atoms with Gasteiger partial charge in [-0.05, 0) is 19.1 Å². The number of hydrogen-bond acceptors (Lipinski definition) is 5. The van der Waals surface area contributed by atoms with Gasteiger partial charge >= 0.3 is 0 Å². The number of nitrogens with one attached hydrogen (secondary N) is 1. The van der Waals surface area contributed by atoms with Gasteiger partial charge in [0.25, 0.3) is 5.91 Å². The van der Waals surface area contributed by atoms with Gasteiger partial charge in [-0.15, -0.1) is 16.4 Å². The molecule has 100 valence electrons. The number of amides is 1. The van der Waals surface area contributed by atoms with Gasteiger partial charge in [-0.1, -0.05) is 23.4 Å². The van der Waals surface area contributed by atoms with Gasteiger partial charge in [0.15, 0.2) is 10.8 Å². The van der Waals surface area contributed by atoms with Crippen molar-refractivity contribution in [3.63, 3.8) is 0 Å². The Morgan fingerprint density at radius 2 is 2.10 bits per heavy atom. The predicted molar refractivity (Wildman–Crippen MR) is 76.2 cm³/mol. The number of hydrogen-bond donors (Lipinski definition) is 1. The summed E-state index contributed by atoms with van der Waals surface area (Å²) in [7, 11) is 0. The number of anilines is 1. The van der Waals surface area contributed by atoms with E-state index in [1.54, 1.807) is 16.3 Å². The minimum atomic E-state index is -0.306. The molecule has 0 fully saturated rings. The second kappa shape index (κ2) is 5.22. The molecule has 20 heavy (non-hydrogen) atoms. The van der Waals surface area contributed by atoms with Crippen molar-refractivity contribution in [3.05, 3.63) is 53.3 Å². The third kappa shape index (κ3) is 2.30. The van der Waals surface area contributed by atoms with Crippen molar-refractivity contribution in [3.8, 4) is 5.69 Å². The van der Waals surface area contributed by atoms with Gasteiger partial charge in [0.1, 0.15) is 0 Å². The lowest BCUT2D eigenvalue weighted by atomic mass is 10.3. The SMILES string of the molecule is Cc1c(C(=O)Nc2nccs2)nnn1-c1ccccc1. The number of carbonyl (C=O) groups is 1. The first-order valence-corrected chi connectivity index (χ1v) is 6.82. The van der Waals surface area contributed by atoms with Crippen LogP contribution >= 0.6 is 11.3 Å². The summed E-state index contributed by atoms with van der Waals surface area (Å²) in [4.78, 5) is 16.1. The molecule has 6 nitrogen and oxygen atoms in total. The van der Waals surface area contributed by atoms with Crippen molar-refractivity contribution in [1.82, 2.24) is 20.0 Å². The Morgan fingerprint density at radius 1 is 1.30 bits per heavy atom. The maximum atomic E-state index is 12.1. The fraction of sp³-hybridized carbons (Fsp3) is 0.0769. The molecule has 0 spiro atoms. The van der Waals surface area contributed by atoms with Crippen molar-refractivity contribution in [2.45, 2.75) is 6.92 Å². The molecule has 2 heterocycles. The van der Waals surface area contributed by atoms with E-state index in [-0.39, 0.29) is 5.91 Å².